The predicted molar refractivity (Wildman–Crippen MR) is 103 cm³/mol. The molecule has 0 saturated carbocycles. The number of halogens is 1. The SMILES string of the molecule is COc1cccc(NC(=O)CSc2nnc(-c3ccc(Cl)cc3)n2N)c1. The maximum absolute atomic E-state index is 12.1. The van der Waals surface area contributed by atoms with Gasteiger partial charge in [0.05, 0.1) is 12.9 Å². The Kier molecular flexibility index (Phi) is 5.65. The smallest absolute Gasteiger partial charge is 0.234 e. The number of nitrogens with zero attached hydrogens (tertiary/aromatic N) is 3. The summed E-state index contributed by atoms with van der Waals surface area (Å²) < 4.78 is 6.48. The Hall–Kier alpha value is -2.71. The molecule has 0 radical (unpaired) electrons. The Labute approximate surface area is 159 Å². The maximum atomic E-state index is 12.1. The molecule has 0 atom stereocenters. The van der Waals surface area contributed by atoms with Crippen LogP contribution in [0.1, 0.15) is 0 Å². The molecular formula is C17H16ClN5O2S. The van der Waals surface area contributed by atoms with Crippen LogP contribution in [0.2, 0.25) is 5.02 Å². The van der Waals surface area contributed by atoms with E-state index in [4.69, 9.17) is 22.2 Å². The van der Waals surface area contributed by atoms with Gasteiger partial charge in [0.2, 0.25) is 11.1 Å². The molecule has 0 spiro atoms. The number of carbonyl (C=O) groups is 1. The summed E-state index contributed by atoms with van der Waals surface area (Å²) in [6.07, 6.45) is 0. The maximum Gasteiger partial charge on any atom is 0.234 e. The van der Waals surface area contributed by atoms with E-state index in [0.717, 1.165) is 5.56 Å². The number of nitrogens with two attached hydrogens (primary N) is 1. The van der Waals surface area contributed by atoms with E-state index in [-0.39, 0.29) is 11.7 Å². The topological polar surface area (TPSA) is 95.1 Å². The zero-order chi connectivity index (χ0) is 18.5. The number of carbonyl (C=O) groups excluding carboxylic acids is 1. The number of nitrogen functional groups attached to an aromatic ring is 1. The number of rotatable bonds is 6. The van der Waals surface area contributed by atoms with E-state index in [1.807, 2.05) is 0 Å². The molecule has 0 aliphatic heterocycles. The molecule has 0 saturated heterocycles. The standard InChI is InChI=1S/C17H16ClN5O2S/c1-25-14-4-2-3-13(9-14)20-15(24)10-26-17-22-21-16(23(17)19)11-5-7-12(18)8-6-11/h2-9H,10,19H2,1H3,(H,20,24). The lowest BCUT2D eigenvalue weighted by atomic mass is 10.2. The molecule has 134 valence electrons. The Morgan fingerprint density at radius 3 is 2.77 bits per heavy atom. The molecule has 0 fully saturated rings. The number of aromatic nitrogens is 3. The Bertz CT molecular complexity index is 914. The van der Waals surface area contributed by atoms with E-state index in [1.165, 1.54) is 16.4 Å². The monoisotopic (exact) mass is 389 g/mol. The van der Waals surface area contributed by atoms with Crippen molar-refractivity contribution < 1.29 is 9.53 Å². The van der Waals surface area contributed by atoms with Gasteiger partial charge in [0.25, 0.3) is 0 Å². The summed E-state index contributed by atoms with van der Waals surface area (Å²) in [7, 11) is 1.57. The first-order chi connectivity index (χ1) is 12.6. The molecule has 0 unspecified atom stereocenters. The first-order valence-corrected chi connectivity index (χ1v) is 8.96. The molecule has 3 N–H and O–H groups in total. The minimum Gasteiger partial charge on any atom is -0.497 e. The number of amides is 1. The highest BCUT2D eigenvalue weighted by atomic mass is 35.5. The van der Waals surface area contributed by atoms with Crippen molar-refractivity contribution in [3.05, 3.63) is 53.6 Å². The van der Waals surface area contributed by atoms with Gasteiger partial charge in [-0.3, -0.25) is 4.79 Å². The van der Waals surface area contributed by atoms with Gasteiger partial charge in [-0.25, -0.2) is 4.68 Å². The lowest BCUT2D eigenvalue weighted by molar-refractivity contribution is -0.113. The summed E-state index contributed by atoms with van der Waals surface area (Å²) in [6.45, 7) is 0. The second-order valence-corrected chi connectivity index (χ2v) is 6.63. The van der Waals surface area contributed by atoms with Crippen LogP contribution in [0.4, 0.5) is 5.69 Å². The van der Waals surface area contributed by atoms with E-state index in [9.17, 15) is 4.79 Å². The summed E-state index contributed by atoms with van der Waals surface area (Å²) in [4.78, 5) is 12.1. The number of hydrogen-bond donors (Lipinski definition) is 2. The van der Waals surface area contributed by atoms with Crippen LogP contribution < -0.4 is 15.9 Å². The molecule has 3 aromatic rings. The molecule has 0 aliphatic carbocycles. The van der Waals surface area contributed by atoms with Crippen LogP contribution in [0.15, 0.2) is 53.7 Å². The quantitative estimate of drug-likeness (QED) is 0.497. The van der Waals surface area contributed by atoms with Crippen molar-refractivity contribution in [1.82, 2.24) is 14.9 Å². The summed E-state index contributed by atoms with van der Waals surface area (Å²) in [5, 5.41) is 12.0. The average molecular weight is 390 g/mol. The van der Waals surface area contributed by atoms with Gasteiger partial charge in [0.15, 0.2) is 5.82 Å². The van der Waals surface area contributed by atoms with Gasteiger partial charge in [-0.05, 0) is 36.4 Å². The van der Waals surface area contributed by atoms with Crippen LogP contribution in [0, 0.1) is 0 Å². The van der Waals surface area contributed by atoms with Gasteiger partial charge in [0.1, 0.15) is 5.75 Å². The molecular weight excluding hydrogens is 374 g/mol. The highest BCUT2D eigenvalue weighted by Crippen LogP contribution is 2.23. The fourth-order valence-corrected chi connectivity index (χ4v) is 2.98. The van der Waals surface area contributed by atoms with Crippen LogP contribution in [-0.2, 0) is 4.79 Å². The molecule has 9 heteroatoms. The van der Waals surface area contributed by atoms with Gasteiger partial charge in [-0.15, -0.1) is 10.2 Å². The van der Waals surface area contributed by atoms with Crippen LogP contribution in [0.25, 0.3) is 11.4 Å². The Morgan fingerprint density at radius 2 is 2.04 bits per heavy atom. The number of hydrogen-bond acceptors (Lipinski definition) is 6. The molecule has 7 nitrogen and oxygen atoms in total. The molecule has 0 aliphatic rings. The summed E-state index contributed by atoms with van der Waals surface area (Å²) in [5.41, 5.74) is 1.45. The lowest BCUT2D eigenvalue weighted by Gasteiger charge is -2.07. The average Bonchev–Trinajstić information content (AvgIpc) is 3.01. The highest BCUT2D eigenvalue weighted by molar-refractivity contribution is 7.99. The number of anilines is 1. The minimum atomic E-state index is -0.181. The van der Waals surface area contributed by atoms with E-state index < -0.39 is 0 Å². The van der Waals surface area contributed by atoms with Crippen LogP contribution in [0.5, 0.6) is 5.75 Å². The highest BCUT2D eigenvalue weighted by Gasteiger charge is 2.14. The fourth-order valence-electron chi connectivity index (χ4n) is 2.20. The van der Waals surface area contributed by atoms with Crippen molar-refractivity contribution in [2.75, 3.05) is 24.0 Å². The number of nitrogens with one attached hydrogen (secondary N) is 1. The van der Waals surface area contributed by atoms with Gasteiger partial charge >= 0.3 is 0 Å². The van der Waals surface area contributed by atoms with E-state index in [2.05, 4.69) is 15.5 Å². The fraction of sp³-hybridized carbons (Fsp3) is 0.118. The largest absolute Gasteiger partial charge is 0.497 e. The second kappa shape index (κ2) is 8.11. The third-order valence-electron chi connectivity index (χ3n) is 3.45. The normalized spacial score (nSPS) is 10.5. The van der Waals surface area contributed by atoms with Gasteiger partial charge < -0.3 is 15.9 Å². The molecule has 1 amide bonds. The molecule has 2 aromatic carbocycles. The lowest BCUT2D eigenvalue weighted by Crippen LogP contribution is -2.16. The number of benzene rings is 2. The van der Waals surface area contributed by atoms with Crippen molar-refractivity contribution >= 4 is 35.0 Å². The Morgan fingerprint density at radius 1 is 1.27 bits per heavy atom. The zero-order valence-electron chi connectivity index (χ0n) is 13.8. The van der Waals surface area contributed by atoms with Crippen molar-refractivity contribution in [1.29, 1.82) is 0 Å². The van der Waals surface area contributed by atoms with Crippen LogP contribution in [-0.4, -0.2) is 33.6 Å². The van der Waals surface area contributed by atoms with E-state index >= 15 is 0 Å². The molecule has 1 heterocycles. The number of ether oxygens (including phenoxy) is 1. The first kappa shape index (κ1) is 18.1. The number of thioether (sulfide) groups is 1. The predicted octanol–water partition coefficient (Wildman–Crippen LogP) is 3.05. The van der Waals surface area contributed by atoms with Crippen LogP contribution in [0.3, 0.4) is 0 Å². The van der Waals surface area contributed by atoms with Crippen molar-refractivity contribution in [2.24, 2.45) is 0 Å². The van der Waals surface area contributed by atoms with Gasteiger partial charge in [-0.2, -0.15) is 0 Å². The third-order valence-corrected chi connectivity index (χ3v) is 4.65. The molecule has 3 rings (SSSR count). The molecule has 26 heavy (non-hydrogen) atoms. The third kappa shape index (κ3) is 4.27. The zero-order valence-corrected chi connectivity index (χ0v) is 15.4. The number of methoxy groups -OCH3 is 1. The summed E-state index contributed by atoms with van der Waals surface area (Å²) >= 11 is 7.08. The minimum absolute atomic E-state index is 0.146. The van der Waals surface area contributed by atoms with Gasteiger partial charge in [0, 0.05) is 22.3 Å². The second-order valence-electron chi connectivity index (χ2n) is 5.25. The Balaban J connectivity index is 1.62. The summed E-state index contributed by atoms with van der Waals surface area (Å²) in [6, 6.07) is 14.2. The summed E-state index contributed by atoms with van der Waals surface area (Å²) in [5.74, 6) is 7.17. The first-order valence-electron chi connectivity index (χ1n) is 7.60. The van der Waals surface area contributed by atoms with E-state index in [1.54, 1.807) is 55.6 Å². The van der Waals surface area contributed by atoms with Crippen molar-refractivity contribution in [3.8, 4) is 17.1 Å². The van der Waals surface area contributed by atoms with Gasteiger partial charge in [-0.1, -0.05) is 29.4 Å². The van der Waals surface area contributed by atoms with Crippen molar-refractivity contribution in [3.63, 3.8) is 0 Å². The van der Waals surface area contributed by atoms with Crippen molar-refractivity contribution in [2.45, 2.75) is 5.16 Å². The van der Waals surface area contributed by atoms with Crippen LogP contribution >= 0.6 is 23.4 Å². The molecule has 1 aromatic heterocycles. The molecule has 0 bridgehead atoms. The van der Waals surface area contributed by atoms with E-state index in [0.29, 0.717) is 27.4 Å².